The number of aryl methyl sites for hydroxylation is 1. The minimum Gasteiger partial charge on any atom is -0.380 e. The van der Waals surface area contributed by atoms with E-state index in [0.29, 0.717) is 22.7 Å². The molecule has 0 unspecified atom stereocenters. The zero-order valence-electron chi connectivity index (χ0n) is 11.5. The molecule has 3 rings (SSSR count). The number of nitrogens with zero attached hydrogens (tertiary/aromatic N) is 4. The van der Waals surface area contributed by atoms with Crippen molar-refractivity contribution in [2.24, 2.45) is 0 Å². The van der Waals surface area contributed by atoms with Crippen LogP contribution in [0.25, 0.3) is 16.9 Å². The molecule has 2 heterocycles. The largest absolute Gasteiger partial charge is 0.380 e. The topological polar surface area (TPSA) is 103 Å². The van der Waals surface area contributed by atoms with Crippen LogP contribution in [0, 0.1) is 6.92 Å². The molecule has 0 spiro atoms. The molecule has 1 aromatic carbocycles. The van der Waals surface area contributed by atoms with Crippen molar-refractivity contribution in [1.82, 2.24) is 19.6 Å². The Balaban J connectivity index is 2.26. The van der Waals surface area contributed by atoms with E-state index in [4.69, 9.17) is 5.73 Å². The summed E-state index contributed by atoms with van der Waals surface area (Å²) in [7, 11) is -3.27. The third-order valence-corrected chi connectivity index (χ3v) is 4.16. The highest BCUT2D eigenvalue weighted by Gasteiger charge is 2.13. The van der Waals surface area contributed by atoms with E-state index in [1.807, 2.05) is 0 Å². The van der Waals surface area contributed by atoms with Crippen molar-refractivity contribution < 1.29 is 8.42 Å². The van der Waals surface area contributed by atoms with E-state index in [2.05, 4.69) is 15.1 Å². The van der Waals surface area contributed by atoms with Crippen molar-refractivity contribution in [2.75, 3.05) is 12.0 Å². The van der Waals surface area contributed by atoms with Crippen LogP contribution in [-0.4, -0.2) is 34.3 Å². The summed E-state index contributed by atoms with van der Waals surface area (Å²) in [5, 5.41) is 4.28. The lowest BCUT2D eigenvalue weighted by atomic mass is 10.2. The fourth-order valence-corrected chi connectivity index (χ4v) is 2.76. The molecular weight excluding hydrogens is 290 g/mol. The Morgan fingerprint density at radius 3 is 2.76 bits per heavy atom. The van der Waals surface area contributed by atoms with Gasteiger partial charge in [-0.2, -0.15) is 5.10 Å². The highest BCUT2D eigenvalue weighted by molar-refractivity contribution is 7.90. The van der Waals surface area contributed by atoms with Crippen molar-refractivity contribution in [2.45, 2.75) is 11.8 Å². The predicted molar refractivity (Wildman–Crippen MR) is 78.5 cm³/mol. The van der Waals surface area contributed by atoms with Gasteiger partial charge >= 0.3 is 0 Å². The minimum atomic E-state index is -3.27. The van der Waals surface area contributed by atoms with Gasteiger partial charge in [-0.1, -0.05) is 12.1 Å². The van der Waals surface area contributed by atoms with Gasteiger partial charge in [0.15, 0.2) is 21.3 Å². The average molecular weight is 303 g/mol. The van der Waals surface area contributed by atoms with E-state index >= 15 is 0 Å². The molecule has 8 heteroatoms. The number of fused-ring (bicyclic) bond motifs is 1. The summed E-state index contributed by atoms with van der Waals surface area (Å²) in [5.74, 6) is 0.798. The first-order chi connectivity index (χ1) is 9.86. The molecule has 21 heavy (non-hydrogen) atoms. The van der Waals surface area contributed by atoms with E-state index < -0.39 is 9.84 Å². The molecule has 0 aliphatic carbocycles. The lowest BCUT2D eigenvalue weighted by Gasteiger charge is -2.05. The number of sulfone groups is 1. The van der Waals surface area contributed by atoms with Crippen LogP contribution in [0.3, 0.4) is 0 Å². The lowest BCUT2D eigenvalue weighted by molar-refractivity contribution is 0.602. The molecule has 0 aliphatic rings. The van der Waals surface area contributed by atoms with Gasteiger partial charge < -0.3 is 5.73 Å². The second kappa shape index (κ2) is 4.52. The predicted octanol–water partition coefficient (Wildman–Crippen LogP) is 1.09. The van der Waals surface area contributed by atoms with Crippen molar-refractivity contribution in [1.29, 1.82) is 0 Å². The van der Waals surface area contributed by atoms with Gasteiger partial charge in [-0.05, 0) is 19.1 Å². The van der Waals surface area contributed by atoms with Crippen LogP contribution in [0.4, 0.5) is 5.82 Å². The number of imidazole rings is 1. The van der Waals surface area contributed by atoms with E-state index in [-0.39, 0.29) is 10.7 Å². The van der Waals surface area contributed by atoms with Crippen molar-refractivity contribution in [3.63, 3.8) is 0 Å². The molecule has 2 N–H and O–H groups in total. The van der Waals surface area contributed by atoms with E-state index in [1.54, 1.807) is 41.9 Å². The SMILES string of the molecule is Cc1nc(N)c2ncc(-c3cccc(S(C)(=O)=O)c3)n2n1. The van der Waals surface area contributed by atoms with Crippen LogP contribution in [0.5, 0.6) is 0 Å². The van der Waals surface area contributed by atoms with Gasteiger partial charge in [0.05, 0.1) is 16.8 Å². The monoisotopic (exact) mass is 303 g/mol. The fourth-order valence-electron chi connectivity index (χ4n) is 2.10. The van der Waals surface area contributed by atoms with Gasteiger partial charge in [0.25, 0.3) is 0 Å². The molecule has 0 aliphatic heterocycles. The Hall–Kier alpha value is -2.48. The third kappa shape index (κ3) is 2.33. The number of aromatic nitrogens is 4. The van der Waals surface area contributed by atoms with Crippen LogP contribution >= 0.6 is 0 Å². The highest BCUT2D eigenvalue weighted by Crippen LogP contribution is 2.24. The van der Waals surface area contributed by atoms with Crippen LogP contribution < -0.4 is 5.73 Å². The Morgan fingerprint density at radius 2 is 2.05 bits per heavy atom. The molecule has 0 bridgehead atoms. The van der Waals surface area contributed by atoms with Crippen LogP contribution in [0.1, 0.15) is 5.82 Å². The summed E-state index contributed by atoms with van der Waals surface area (Å²) in [5.41, 5.74) is 7.62. The van der Waals surface area contributed by atoms with Gasteiger partial charge in [0.2, 0.25) is 0 Å². The zero-order chi connectivity index (χ0) is 15.2. The number of hydrogen-bond donors (Lipinski definition) is 1. The summed E-state index contributed by atoms with van der Waals surface area (Å²) in [6.07, 6.45) is 2.77. The summed E-state index contributed by atoms with van der Waals surface area (Å²) in [6, 6.07) is 6.62. The summed E-state index contributed by atoms with van der Waals surface area (Å²) in [6.45, 7) is 1.73. The van der Waals surface area contributed by atoms with Crippen molar-refractivity contribution in [3.05, 3.63) is 36.3 Å². The van der Waals surface area contributed by atoms with Gasteiger partial charge in [0, 0.05) is 11.8 Å². The molecule has 7 nitrogen and oxygen atoms in total. The highest BCUT2D eigenvalue weighted by atomic mass is 32.2. The van der Waals surface area contributed by atoms with Gasteiger partial charge in [-0.25, -0.2) is 22.9 Å². The first-order valence-electron chi connectivity index (χ1n) is 6.14. The maximum atomic E-state index is 11.7. The molecule has 0 radical (unpaired) electrons. The molecule has 2 aromatic heterocycles. The van der Waals surface area contributed by atoms with Crippen LogP contribution in [0.2, 0.25) is 0 Å². The summed E-state index contributed by atoms with van der Waals surface area (Å²) >= 11 is 0. The summed E-state index contributed by atoms with van der Waals surface area (Å²) < 4.78 is 24.9. The van der Waals surface area contributed by atoms with Crippen molar-refractivity contribution >= 4 is 21.3 Å². The maximum absolute atomic E-state index is 11.7. The molecule has 0 saturated heterocycles. The molecule has 108 valence electrons. The first kappa shape index (κ1) is 13.5. The quantitative estimate of drug-likeness (QED) is 0.760. The van der Waals surface area contributed by atoms with Gasteiger partial charge in [-0.3, -0.25) is 0 Å². The molecule has 0 amide bonds. The van der Waals surface area contributed by atoms with Gasteiger partial charge in [0.1, 0.15) is 5.82 Å². The Bertz CT molecular complexity index is 946. The maximum Gasteiger partial charge on any atom is 0.197 e. The van der Waals surface area contributed by atoms with Gasteiger partial charge in [-0.15, -0.1) is 0 Å². The Morgan fingerprint density at radius 1 is 1.29 bits per heavy atom. The Labute approximate surface area is 121 Å². The number of hydrogen-bond acceptors (Lipinski definition) is 6. The minimum absolute atomic E-state index is 0.244. The zero-order valence-corrected chi connectivity index (χ0v) is 12.3. The molecule has 0 fully saturated rings. The molecule has 0 atom stereocenters. The average Bonchev–Trinajstić information content (AvgIpc) is 2.82. The fraction of sp³-hybridized carbons (Fsp3) is 0.154. The molecular formula is C13H13N5O2S. The van der Waals surface area contributed by atoms with E-state index in [1.165, 1.54) is 6.26 Å². The normalized spacial score (nSPS) is 11.9. The summed E-state index contributed by atoms with van der Waals surface area (Å²) in [4.78, 5) is 8.49. The third-order valence-electron chi connectivity index (χ3n) is 3.05. The number of rotatable bonds is 2. The number of nitrogens with two attached hydrogens (primary N) is 1. The lowest BCUT2D eigenvalue weighted by Crippen LogP contribution is -2.04. The smallest absolute Gasteiger partial charge is 0.197 e. The number of benzene rings is 1. The standard InChI is InChI=1S/C13H13N5O2S/c1-8-16-12(14)13-15-7-11(18(13)17-8)9-4-3-5-10(6-9)21(2,19)20/h3-7H,1-2H3,(H2,14,16,17). The number of nitrogen functional groups attached to an aromatic ring is 1. The molecule has 3 aromatic rings. The van der Waals surface area contributed by atoms with Crippen molar-refractivity contribution in [3.8, 4) is 11.3 Å². The number of anilines is 1. The van der Waals surface area contributed by atoms with E-state index in [9.17, 15) is 8.42 Å². The van der Waals surface area contributed by atoms with Crippen LogP contribution in [0.15, 0.2) is 35.4 Å². The Kier molecular flexibility index (Phi) is 2.91. The molecule has 0 saturated carbocycles. The second-order valence-corrected chi connectivity index (χ2v) is 6.74. The first-order valence-corrected chi connectivity index (χ1v) is 8.04. The second-order valence-electron chi connectivity index (χ2n) is 4.72. The van der Waals surface area contributed by atoms with Crippen LogP contribution in [-0.2, 0) is 9.84 Å². The van der Waals surface area contributed by atoms with E-state index in [0.717, 1.165) is 0 Å².